The van der Waals surface area contributed by atoms with Gasteiger partial charge in [-0.25, -0.2) is 4.39 Å². The molecular weight excluding hydrogens is 397 g/mol. The van der Waals surface area contributed by atoms with Crippen LogP contribution in [0.2, 0.25) is 0 Å². The summed E-state index contributed by atoms with van der Waals surface area (Å²) in [4.78, 5) is 6.71. The van der Waals surface area contributed by atoms with Gasteiger partial charge < -0.3 is 4.90 Å². The number of nitrogens with zero attached hydrogens (tertiary/aromatic N) is 3. The lowest BCUT2D eigenvalue weighted by Crippen LogP contribution is -2.28. The monoisotopic (exact) mass is 419 g/mol. The van der Waals surface area contributed by atoms with Gasteiger partial charge in [0, 0.05) is 45.6 Å². The van der Waals surface area contributed by atoms with Gasteiger partial charge in [0.2, 0.25) is 0 Å². The number of allylic oxidation sites excluding steroid dienone is 7. The molecule has 156 valence electrons. The van der Waals surface area contributed by atoms with Crippen molar-refractivity contribution in [3.05, 3.63) is 112 Å². The number of fused-ring (bicyclic) bond motifs is 2. The number of pyridine rings is 1. The average molecular weight is 420 g/mol. The number of terminal acetylenes is 1. The van der Waals surface area contributed by atoms with E-state index in [0.717, 1.165) is 46.6 Å². The fraction of sp³-hybridized carbons (Fsp3) is 0.143. The maximum Gasteiger partial charge on any atom is 0.141 e. The molecule has 0 fully saturated rings. The molecule has 0 unspecified atom stereocenters. The summed E-state index contributed by atoms with van der Waals surface area (Å²) in [5.41, 5.74) is 7.58. The minimum atomic E-state index is -0.554. The molecule has 0 bridgehead atoms. The summed E-state index contributed by atoms with van der Waals surface area (Å²) in [6.45, 7) is 8.18. The van der Waals surface area contributed by atoms with E-state index in [0.29, 0.717) is 16.8 Å². The molecule has 0 spiro atoms. The van der Waals surface area contributed by atoms with Crippen molar-refractivity contribution in [3.63, 3.8) is 0 Å². The van der Waals surface area contributed by atoms with E-state index < -0.39 is 5.82 Å². The summed E-state index contributed by atoms with van der Waals surface area (Å²) >= 11 is 0. The van der Waals surface area contributed by atoms with Gasteiger partial charge in [0.1, 0.15) is 11.9 Å². The zero-order valence-electron chi connectivity index (χ0n) is 18.1. The van der Waals surface area contributed by atoms with E-state index in [1.165, 1.54) is 6.07 Å². The van der Waals surface area contributed by atoms with Gasteiger partial charge >= 0.3 is 0 Å². The number of aromatic nitrogens is 1. The Kier molecular flexibility index (Phi) is 5.63. The largest absolute Gasteiger partial charge is 0.314 e. The molecule has 1 aliphatic carbocycles. The highest BCUT2D eigenvalue weighted by Crippen LogP contribution is 2.45. The Morgan fingerprint density at radius 1 is 1.28 bits per heavy atom. The molecule has 2 heterocycles. The Morgan fingerprint density at radius 3 is 2.81 bits per heavy atom. The molecule has 32 heavy (non-hydrogen) atoms. The van der Waals surface area contributed by atoms with Crippen LogP contribution in [0.15, 0.2) is 84.0 Å². The second kappa shape index (κ2) is 8.53. The van der Waals surface area contributed by atoms with E-state index >= 15 is 0 Å². The molecule has 0 amide bonds. The van der Waals surface area contributed by atoms with Gasteiger partial charge in [0.25, 0.3) is 0 Å². The summed E-state index contributed by atoms with van der Waals surface area (Å²) in [7, 11) is 0. The number of benzene rings is 1. The minimum absolute atomic E-state index is 0.00155. The van der Waals surface area contributed by atoms with Crippen LogP contribution in [0.25, 0.3) is 11.1 Å². The number of nitriles is 1. The van der Waals surface area contributed by atoms with Crippen LogP contribution in [-0.4, -0.2) is 9.88 Å². The Hall–Kier alpha value is -4.15. The standard InChI is InChI=1S/C28H22FN3/c1-5-18(3)15-21(6-2)32-19(4)23(22-10-7-11-26(29)25(22)17-30)16-24-27(32)13-12-20-9-8-14-31-28(20)24/h1,6-11,14-16H,4,12-13H2,2-3H3/b18-15-,21-6+. The first-order valence-corrected chi connectivity index (χ1v) is 10.4. The second-order valence-corrected chi connectivity index (χ2v) is 7.67. The van der Waals surface area contributed by atoms with E-state index in [4.69, 9.17) is 6.42 Å². The molecule has 2 aromatic rings. The third-order valence-corrected chi connectivity index (χ3v) is 5.79. The van der Waals surface area contributed by atoms with Crippen molar-refractivity contribution in [2.45, 2.75) is 26.7 Å². The van der Waals surface area contributed by atoms with Gasteiger partial charge in [-0.3, -0.25) is 4.98 Å². The SMILES string of the molecule is C#C/C(C)=C\C(=C/C)N1C(=C)C(c2cccc(F)c2C#N)=CC2=C1CCc1cccnc12. The third-order valence-electron chi connectivity index (χ3n) is 5.79. The highest BCUT2D eigenvalue weighted by molar-refractivity contribution is 5.95. The summed E-state index contributed by atoms with van der Waals surface area (Å²) in [6.07, 6.45) is 14.9. The molecule has 1 aromatic carbocycles. The quantitative estimate of drug-likeness (QED) is 0.443. The molecular formula is C28H22FN3. The predicted octanol–water partition coefficient (Wildman–Crippen LogP) is 6.15. The Bertz CT molecular complexity index is 1340. The lowest BCUT2D eigenvalue weighted by atomic mass is 9.84. The van der Waals surface area contributed by atoms with Crippen molar-refractivity contribution >= 4 is 11.1 Å². The number of hydrogen-bond donors (Lipinski definition) is 0. The van der Waals surface area contributed by atoms with Crippen molar-refractivity contribution in [1.82, 2.24) is 9.88 Å². The van der Waals surface area contributed by atoms with Crippen LogP contribution in [0.3, 0.4) is 0 Å². The molecule has 0 N–H and O–H groups in total. The number of halogens is 1. The van der Waals surface area contributed by atoms with E-state index in [1.807, 2.05) is 44.2 Å². The van der Waals surface area contributed by atoms with Gasteiger partial charge in [-0.1, -0.05) is 36.8 Å². The lowest BCUT2D eigenvalue weighted by Gasteiger charge is -2.38. The lowest BCUT2D eigenvalue weighted by molar-refractivity contribution is 0.528. The van der Waals surface area contributed by atoms with Crippen molar-refractivity contribution in [2.75, 3.05) is 0 Å². The first-order valence-electron chi connectivity index (χ1n) is 10.4. The van der Waals surface area contributed by atoms with Crippen LogP contribution in [0.5, 0.6) is 0 Å². The Labute approximate surface area is 188 Å². The number of rotatable bonds is 3. The Morgan fingerprint density at radius 2 is 2.09 bits per heavy atom. The second-order valence-electron chi connectivity index (χ2n) is 7.67. The molecule has 0 saturated carbocycles. The van der Waals surface area contributed by atoms with Crippen molar-refractivity contribution in [1.29, 1.82) is 5.26 Å². The number of aryl methyl sites for hydroxylation is 1. The van der Waals surface area contributed by atoms with Gasteiger partial charge in [-0.05, 0) is 56.5 Å². The van der Waals surface area contributed by atoms with Gasteiger partial charge in [0.05, 0.1) is 11.3 Å². The molecule has 3 nitrogen and oxygen atoms in total. The molecule has 0 atom stereocenters. The van der Waals surface area contributed by atoms with Gasteiger partial charge in [-0.15, -0.1) is 6.42 Å². The van der Waals surface area contributed by atoms with E-state index in [9.17, 15) is 9.65 Å². The minimum Gasteiger partial charge on any atom is -0.314 e. The van der Waals surface area contributed by atoms with Crippen LogP contribution >= 0.6 is 0 Å². The van der Waals surface area contributed by atoms with Crippen LogP contribution in [0.4, 0.5) is 4.39 Å². The normalized spacial score (nSPS) is 16.1. The van der Waals surface area contributed by atoms with E-state index in [2.05, 4.69) is 28.4 Å². The van der Waals surface area contributed by atoms with Crippen LogP contribution in [0, 0.1) is 29.5 Å². The molecule has 0 radical (unpaired) electrons. The van der Waals surface area contributed by atoms with E-state index in [1.54, 1.807) is 18.3 Å². The van der Waals surface area contributed by atoms with Gasteiger partial charge in [-0.2, -0.15) is 5.26 Å². The zero-order valence-corrected chi connectivity index (χ0v) is 18.1. The van der Waals surface area contributed by atoms with Crippen LogP contribution in [0.1, 0.15) is 42.7 Å². The van der Waals surface area contributed by atoms with Crippen molar-refractivity contribution < 1.29 is 4.39 Å². The maximum atomic E-state index is 14.5. The first-order chi connectivity index (χ1) is 15.5. The molecule has 4 heteroatoms. The van der Waals surface area contributed by atoms with Crippen LogP contribution in [-0.2, 0) is 6.42 Å². The first kappa shape index (κ1) is 21.1. The smallest absolute Gasteiger partial charge is 0.141 e. The van der Waals surface area contributed by atoms with Crippen molar-refractivity contribution in [2.24, 2.45) is 0 Å². The Balaban J connectivity index is 2.01. The number of hydrogen-bond acceptors (Lipinski definition) is 3. The molecule has 0 saturated heterocycles. The molecule has 1 aromatic heterocycles. The molecule has 1 aliphatic heterocycles. The molecule has 2 aliphatic rings. The summed E-state index contributed by atoms with van der Waals surface area (Å²) in [6, 6.07) is 10.7. The average Bonchev–Trinajstić information content (AvgIpc) is 2.82. The highest BCUT2D eigenvalue weighted by atomic mass is 19.1. The van der Waals surface area contributed by atoms with Gasteiger partial charge in [0.15, 0.2) is 0 Å². The fourth-order valence-corrected chi connectivity index (χ4v) is 4.25. The summed E-state index contributed by atoms with van der Waals surface area (Å²) in [5.74, 6) is 2.11. The van der Waals surface area contributed by atoms with Crippen molar-refractivity contribution in [3.8, 4) is 18.4 Å². The van der Waals surface area contributed by atoms with E-state index in [-0.39, 0.29) is 5.56 Å². The summed E-state index contributed by atoms with van der Waals surface area (Å²) < 4.78 is 14.5. The topological polar surface area (TPSA) is 39.9 Å². The fourth-order valence-electron chi connectivity index (χ4n) is 4.25. The maximum absolute atomic E-state index is 14.5. The predicted molar refractivity (Wildman–Crippen MR) is 126 cm³/mol. The summed E-state index contributed by atoms with van der Waals surface area (Å²) in [5, 5.41) is 9.65. The highest BCUT2D eigenvalue weighted by Gasteiger charge is 2.32. The molecule has 4 rings (SSSR count). The zero-order chi connectivity index (χ0) is 22.8. The van der Waals surface area contributed by atoms with Crippen LogP contribution < -0.4 is 0 Å². The third kappa shape index (κ3) is 3.47.